The van der Waals surface area contributed by atoms with Gasteiger partial charge in [-0.3, -0.25) is 35.9 Å². The van der Waals surface area contributed by atoms with E-state index in [9.17, 15) is 19.7 Å². The lowest BCUT2D eigenvalue weighted by atomic mass is 10.1. The first kappa shape index (κ1) is 20.5. The fraction of sp³-hybridized carbons (Fsp3) is 0.0625. The Morgan fingerprint density at radius 2 is 1.85 bits per heavy atom. The molecule has 2 aromatic carbocycles. The number of hydrogen-bond acceptors (Lipinski definition) is 6. The highest BCUT2D eigenvalue weighted by atomic mass is 127. The van der Waals surface area contributed by atoms with Crippen LogP contribution in [0.4, 0.5) is 5.69 Å². The van der Waals surface area contributed by atoms with Crippen molar-refractivity contribution in [3.8, 4) is 5.75 Å². The summed E-state index contributed by atoms with van der Waals surface area (Å²) in [5.74, 6) is -0.627. The van der Waals surface area contributed by atoms with Gasteiger partial charge in [-0.05, 0) is 59.1 Å². The molecule has 0 spiro atoms. The van der Waals surface area contributed by atoms with Crippen LogP contribution in [0.15, 0.2) is 42.5 Å². The molecule has 0 fully saturated rings. The number of carbonyl (C=O) groups is 2. The molecule has 9 nitrogen and oxygen atoms in total. The van der Waals surface area contributed by atoms with Crippen LogP contribution in [0.2, 0.25) is 0 Å². The number of carbonyl (C=O) groups excluding carboxylic acids is 2. The zero-order chi connectivity index (χ0) is 20.0. The number of hydrazine groups is 1. The summed E-state index contributed by atoms with van der Waals surface area (Å²) in [7, 11) is 1.52. The predicted molar refractivity (Wildman–Crippen MR) is 109 cm³/mol. The number of rotatable bonds is 4. The number of thiocarbonyl (C=S) groups is 1. The van der Waals surface area contributed by atoms with Gasteiger partial charge in [-0.25, -0.2) is 0 Å². The van der Waals surface area contributed by atoms with Crippen LogP contribution in [0.1, 0.15) is 20.7 Å². The molecule has 0 saturated carbocycles. The SMILES string of the molecule is COc1ccc(C(=O)NNC(=S)NC(=O)c2ccccc2[N+](=O)[O-])cc1I. The lowest BCUT2D eigenvalue weighted by Crippen LogP contribution is -2.48. The highest BCUT2D eigenvalue weighted by Gasteiger charge is 2.20. The molecule has 0 bridgehead atoms. The van der Waals surface area contributed by atoms with Crippen molar-refractivity contribution < 1.29 is 19.2 Å². The van der Waals surface area contributed by atoms with Crippen LogP contribution in [-0.4, -0.2) is 29.0 Å². The number of nitro groups is 1. The molecule has 0 atom stereocenters. The van der Waals surface area contributed by atoms with Crippen LogP contribution in [-0.2, 0) is 0 Å². The minimum Gasteiger partial charge on any atom is -0.496 e. The first-order valence-electron chi connectivity index (χ1n) is 7.32. The average Bonchev–Trinajstić information content (AvgIpc) is 2.65. The molecule has 0 aromatic heterocycles. The van der Waals surface area contributed by atoms with Crippen LogP contribution < -0.4 is 20.9 Å². The highest BCUT2D eigenvalue weighted by molar-refractivity contribution is 14.1. The fourth-order valence-corrected chi connectivity index (χ4v) is 2.90. The third-order valence-electron chi connectivity index (χ3n) is 3.28. The summed E-state index contributed by atoms with van der Waals surface area (Å²) in [6.45, 7) is 0. The number of nitrogens with one attached hydrogen (secondary N) is 3. The molecule has 3 N–H and O–H groups in total. The van der Waals surface area contributed by atoms with Gasteiger partial charge in [0.2, 0.25) is 0 Å². The van der Waals surface area contributed by atoms with Gasteiger partial charge in [0.15, 0.2) is 5.11 Å². The lowest BCUT2D eigenvalue weighted by molar-refractivity contribution is -0.385. The molecule has 11 heteroatoms. The largest absolute Gasteiger partial charge is 0.496 e. The third kappa shape index (κ3) is 5.34. The fourth-order valence-electron chi connectivity index (χ4n) is 2.02. The second kappa shape index (κ2) is 9.23. The highest BCUT2D eigenvalue weighted by Crippen LogP contribution is 2.21. The second-order valence-electron chi connectivity index (χ2n) is 4.99. The number of para-hydroxylation sites is 1. The zero-order valence-electron chi connectivity index (χ0n) is 13.8. The molecular weight excluding hydrogens is 487 g/mol. The average molecular weight is 500 g/mol. The van der Waals surface area contributed by atoms with E-state index in [0.717, 1.165) is 3.57 Å². The molecule has 2 amide bonds. The second-order valence-corrected chi connectivity index (χ2v) is 6.56. The number of halogens is 1. The van der Waals surface area contributed by atoms with Crippen molar-refractivity contribution in [2.45, 2.75) is 0 Å². The maximum atomic E-state index is 12.1. The maximum Gasteiger partial charge on any atom is 0.282 e. The Morgan fingerprint density at radius 1 is 1.15 bits per heavy atom. The molecule has 0 aliphatic carbocycles. The summed E-state index contributed by atoms with van der Waals surface area (Å²) in [6, 6.07) is 10.3. The topological polar surface area (TPSA) is 123 Å². The zero-order valence-corrected chi connectivity index (χ0v) is 16.8. The number of benzene rings is 2. The van der Waals surface area contributed by atoms with E-state index in [1.165, 1.54) is 31.4 Å². The van der Waals surface area contributed by atoms with E-state index in [1.54, 1.807) is 18.2 Å². The van der Waals surface area contributed by atoms with E-state index in [-0.39, 0.29) is 16.4 Å². The summed E-state index contributed by atoms with van der Waals surface area (Å²) in [5.41, 5.74) is 4.55. The minimum absolute atomic E-state index is 0.150. The molecule has 0 aliphatic heterocycles. The van der Waals surface area contributed by atoms with Crippen LogP contribution in [0.25, 0.3) is 0 Å². The molecular formula is C16H13IN4O5S. The number of hydrogen-bond donors (Lipinski definition) is 3. The van der Waals surface area contributed by atoms with Gasteiger partial charge in [0.25, 0.3) is 17.5 Å². The molecule has 0 aliphatic rings. The van der Waals surface area contributed by atoms with Gasteiger partial charge in [-0.2, -0.15) is 0 Å². The number of ether oxygens (including phenoxy) is 1. The quantitative estimate of drug-likeness (QED) is 0.255. The van der Waals surface area contributed by atoms with Crippen molar-refractivity contribution in [3.63, 3.8) is 0 Å². The van der Waals surface area contributed by atoms with Gasteiger partial charge >= 0.3 is 0 Å². The lowest BCUT2D eigenvalue weighted by Gasteiger charge is -2.11. The molecule has 27 heavy (non-hydrogen) atoms. The van der Waals surface area contributed by atoms with Crippen molar-refractivity contribution in [3.05, 3.63) is 67.3 Å². The standard InChI is InChI=1S/C16H13IN4O5S/c1-26-13-7-6-9(8-11(13)17)14(22)19-20-16(27)18-15(23)10-4-2-3-5-12(10)21(24)25/h2-8H,1H3,(H,19,22)(H2,18,20,23,27). The van der Waals surface area contributed by atoms with Gasteiger partial charge in [0.05, 0.1) is 15.6 Å². The Hall–Kier alpha value is -2.80. The normalized spacial score (nSPS) is 9.85. The molecule has 0 saturated heterocycles. The van der Waals surface area contributed by atoms with E-state index >= 15 is 0 Å². The number of nitro benzene ring substituents is 1. The smallest absolute Gasteiger partial charge is 0.282 e. The first-order chi connectivity index (χ1) is 12.8. The van der Waals surface area contributed by atoms with Crippen molar-refractivity contribution in [2.75, 3.05) is 7.11 Å². The summed E-state index contributed by atoms with van der Waals surface area (Å²) < 4.78 is 5.86. The Labute approximate surface area is 172 Å². The monoisotopic (exact) mass is 500 g/mol. The Balaban J connectivity index is 1.96. The van der Waals surface area contributed by atoms with Crippen molar-refractivity contribution in [1.82, 2.24) is 16.2 Å². The van der Waals surface area contributed by atoms with Crippen LogP contribution in [0.3, 0.4) is 0 Å². The number of nitrogens with zero attached hydrogens (tertiary/aromatic N) is 1. The Morgan fingerprint density at radius 3 is 2.48 bits per heavy atom. The summed E-state index contributed by atoms with van der Waals surface area (Å²) >= 11 is 6.95. The molecule has 2 rings (SSSR count). The maximum absolute atomic E-state index is 12.1. The molecule has 2 aromatic rings. The molecule has 0 heterocycles. The van der Waals surface area contributed by atoms with Crippen molar-refractivity contribution in [2.24, 2.45) is 0 Å². The predicted octanol–water partition coefficient (Wildman–Crippen LogP) is 2.16. The number of amides is 2. The summed E-state index contributed by atoms with van der Waals surface area (Å²) in [4.78, 5) is 34.6. The molecule has 0 radical (unpaired) electrons. The van der Waals surface area contributed by atoms with Crippen LogP contribution in [0.5, 0.6) is 5.75 Å². The van der Waals surface area contributed by atoms with Gasteiger partial charge in [0, 0.05) is 11.6 Å². The molecule has 140 valence electrons. The van der Waals surface area contributed by atoms with Gasteiger partial charge in [-0.15, -0.1) is 0 Å². The van der Waals surface area contributed by atoms with Crippen molar-refractivity contribution >= 4 is 57.4 Å². The van der Waals surface area contributed by atoms with E-state index in [1.807, 2.05) is 22.6 Å². The van der Waals surface area contributed by atoms with E-state index in [0.29, 0.717) is 11.3 Å². The van der Waals surface area contributed by atoms with Crippen LogP contribution in [0, 0.1) is 13.7 Å². The summed E-state index contributed by atoms with van der Waals surface area (Å²) in [6.07, 6.45) is 0. The Bertz CT molecular complexity index is 921. The third-order valence-corrected chi connectivity index (χ3v) is 4.32. The van der Waals surface area contributed by atoms with Crippen molar-refractivity contribution in [1.29, 1.82) is 0 Å². The summed E-state index contributed by atoms with van der Waals surface area (Å²) in [5, 5.41) is 13.0. The van der Waals surface area contributed by atoms with E-state index in [4.69, 9.17) is 17.0 Å². The number of methoxy groups -OCH3 is 1. The van der Waals surface area contributed by atoms with E-state index < -0.39 is 16.7 Å². The van der Waals surface area contributed by atoms with Crippen LogP contribution >= 0.6 is 34.8 Å². The van der Waals surface area contributed by atoms with Gasteiger partial charge < -0.3 is 4.74 Å². The van der Waals surface area contributed by atoms with Gasteiger partial charge in [0.1, 0.15) is 11.3 Å². The molecule has 0 unspecified atom stereocenters. The van der Waals surface area contributed by atoms with E-state index in [2.05, 4.69) is 16.2 Å². The first-order valence-corrected chi connectivity index (χ1v) is 8.80. The Kier molecular flexibility index (Phi) is 7.01. The van der Waals surface area contributed by atoms with Gasteiger partial charge in [-0.1, -0.05) is 12.1 Å². The minimum atomic E-state index is -0.770.